The number of fused-ring (bicyclic) bond motifs is 3. The lowest BCUT2D eigenvalue weighted by Gasteiger charge is -2.26. The van der Waals surface area contributed by atoms with Gasteiger partial charge in [0.15, 0.2) is 0 Å². The van der Waals surface area contributed by atoms with Gasteiger partial charge >= 0.3 is 0 Å². The third-order valence-electron chi connectivity index (χ3n) is 5.19. The summed E-state index contributed by atoms with van der Waals surface area (Å²) in [7, 11) is -3.47. The van der Waals surface area contributed by atoms with Gasteiger partial charge in [-0.05, 0) is 40.8 Å². The second-order valence-corrected chi connectivity index (χ2v) is 9.93. The molecule has 2 heterocycles. The molecule has 0 unspecified atom stereocenters. The molecule has 4 nitrogen and oxygen atoms in total. The average Bonchev–Trinajstić information content (AvgIpc) is 2.98. The summed E-state index contributed by atoms with van der Waals surface area (Å²) in [5, 5.41) is 1.14. The minimum atomic E-state index is -3.47. The van der Waals surface area contributed by atoms with Crippen LogP contribution < -0.4 is 0 Å². The third-order valence-corrected chi connectivity index (χ3v) is 7.05. The smallest absolute Gasteiger partial charge is 0.243 e. The molecule has 1 aromatic heterocycles. The van der Waals surface area contributed by atoms with Crippen molar-refractivity contribution in [3.05, 3.63) is 65.4 Å². The Hall–Kier alpha value is -2.11. The zero-order valence-corrected chi connectivity index (χ0v) is 16.2. The zero-order chi connectivity index (χ0) is 18.5. The second-order valence-electron chi connectivity index (χ2n) is 7.99. The fourth-order valence-electron chi connectivity index (χ4n) is 3.60. The number of aromatic nitrogens is 1. The molecule has 0 saturated heterocycles. The maximum Gasteiger partial charge on any atom is 0.243 e. The fraction of sp³-hybridized carbons (Fsp3) is 0.333. The molecule has 1 aliphatic rings. The van der Waals surface area contributed by atoms with Gasteiger partial charge in [0.25, 0.3) is 0 Å². The molecule has 0 saturated carbocycles. The molecule has 1 N–H and O–H groups in total. The highest BCUT2D eigenvalue weighted by Gasteiger charge is 2.30. The van der Waals surface area contributed by atoms with Crippen LogP contribution in [0.3, 0.4) is 0 Å². The van der Waals surface area contributed by atoms with E-state index >= 15 is 0 Å². The highest BCUT2D eigenvalue weighted by molar-refractivity contribution is 7.89. The Labute approximate surface area is 154 Å². The molecule has 0 atom stereocenters. The Morgan fingerprint density at radius 3 is 2.46 bits per heavy atom. The van der Waals surface area contributed by atoms with Crippen LogP contribution in [0.15, 0.2) is 53.4 Å². The van der Waals surface area contributed by atoms with Crippen molar-refractivity contribution in [2.45, 2.75) is 44.0 Å². The molecule has 2 aromatic carbocycles. The summed E-state index contributed by atoms with van der Waals surface area (Å²) < 4.78 is 27.6. The summed E-state index contributed by atoms with van der Waals surface area (Å²) in [5.74, 6) is 0. The van der Waals surface area contributed by atoms with Gasteiger partial charge in [0.05, 0.1) is 4.90 Å². The first kappa shape index (κ1) is 17.3. The number of aromatic amines is 1. The van der Waals surface area contributed by atoms with Gasteiger partial charge in [0, 0.05) is 36.1 Å². The van der Waals surface area contributed by atoms with Gasteiger partial charge in [0.2, 0.25) is 10.0 Å². The summed E-state index contributed by atoms with van der Waals surface area (Å²) in [6.45, 7) is 7.50. The molecule has 0 spiro atoms. The minimum Gasteiger partial charge on any atom is -0.358 e. The predicted octanol–water partition coefficient (Wildman–Crippen LogP) is 4.21. The van der Waals surface area contributed by atoms with E-state index in [1.807, 2.05) is 6.07 Å². The first-order chi connectivity index (χ1) is 12.3. The predicted molar refractivity (Wildman–Crippen MR) is 105 cm³/mol. The summed E-state index contributed by atoms with van der Waals surface area (Å²) in [4.78, 5) is 3.84. The van der Waals surface area contributed by atoms with Crippen molar-refractivity contribution in [3.8, 4) is 0 Å². The fourth-order valence-corrected chi connectivity index (χ4v) is 5.03. The second kappa shape index (κ2) is 5.96. The first-order valence-electron chi connectivity index (χ1n) is 8.96. The van der Waals surface area contributed by atoms with Gasteiger partial charge in [-0.25, -0.2) is 8.42 Å². The zero-order valence-electron chi connectivity index (χ0n) is 15.4. The molecule has 26 heavy (non-hydrogen) atoms. The number of hydrogen-bond donors (Lipinski definition) is 1. The lowest BCUT2D eigenvalue weighted by molar-refractivity contribution is 0.391. The molecule has 5 heteroatoms. The van der Waals surface area contributed by atoms with Gasteiger partial charge in [-0.2, -0.15) is 4.31 Å². The topological polar surface area (TPSA) is 53.2 Å². The maximum atomic E-state index is 13.0. The van der Waals surface area contributed by atoms with E-state index in [0.717, 1.165) is 22.2 Å². The molecular formula is C21H24N2O2S. The van der Waals surface area contributed by atoms with Crippen LogP contribution >= 0.6 is 0 Å². The van der Waals surface area contributed by atoms with Crippen LogP contribution in [0.25, 0.3) is 10.9 Å². The van der Waals surface area contributed by atoms with Crippen LogP contribution in [0.5, 0.6) is 0 Å². The van der Waals surface area contributed by atoms with E-state index in [1.54, 1.807) is 28.6 Å². The molecule has 0 amide bonds. The Morgan fingerprint density at radius 2 is 1.77 bits per heavy atom. The van der Waals surface area contributed by atoms with E-state index in [2.05, 4.69) is 44.0 Å². The molecule has 4 rings (SSSR count). The Balaban J connectivity index is 1.76. The number of hydrogen-bond acceptors (Lipinski definition) is 2. The van der Waals surface area contributed by atoms with Crippen molar-refractivity contribution in [1.82, 2.24) is 9.29 Å². The molecule has 0 bridgehead atoms. The summed E-state index contributed by atoms with van der Waals surface area (Å²) in [5.41, 5.74) is 4.67. The number of nitrogens with zero attached hydrogens (tertiary/aromatic N) is 1. The lowest BCUT2D eigenvalue weighted by Crippen LogP contribution is -2.35. The lowest BCUT2D eigenvalue weighted by atomic mass is 9.86. The number of H-pyrrole nitrogens is 1. The summed E-state index contributed by atoms with van der Waals surface area (Å²) >= 11 is 0. The number of sulfonamides is 1. The molecule has 3 aromatic rings. The number of rotatable bonds is 2. The van der Waals surface area contributed by atoms with Crippen molar-refractivity contribution in [3.63, 3.8) is 0 Å². The largest absolute Gasteiger partial charge is 0.358 e. The van der Waals surface area contributed by atoms with Crippen LogP contribution in [0.1, 0.15) is 37.6 Å². The van der Waals surface area contributed by atoms with Crippen LogP contribution in [-0.4, -0.2) is 24.3 Å². The van der Waals surface area contributed by atoms with Gasteiger partial charge in [-0.3, -0.25) is 0 Å². The summed E-state index contributed by atoms with van der Waals surface area (Å²) in [6.07, 6.45) is 0.709. The van der Waals surface area contributed by atoms with Crippen LogP contribution in [0.2, 0.25) is 0 Å². The first-order valence-corrected chi connectivity index (χ1v) is 10.4. The molecule has 0 radical (unpaired) electrons. The molecule has 0 fully saturated rings. The summed E-state index contributed by atoms with van der Waals surface area (Å²) in [6, 6.07) is 15.2. The van der Waals surface area contributed by atoms with Crippen LogP contribution in [0, 0.1) is 0 Å². The van der Waals surface area contributed by atoms with Gasteiger partial charge in [-0.15, -0.1) is 0 Å². The molecule has 1 aliphatic heterocycles. The van der Waals surface area contributed by atoms with Crippen molar-refractivity contribution >= 4 is 20.9 Å². The molecule has 0 aliphatic carbocycles. The quantitative estimate of drug-likeness (QED) is 0.736. The van der Waals surface area contributed by atoms with Crippen molar-refractivity contribution < 1.29 is 8.42 Å². The third kappa shape index (κ3) is 2.85. The van der Waals surface area contributed by atoms with E-state index in [0.29, 0.717) is 24.4 Å². The van der Waals surface area contributed by atoms with Gasteiger partial charge < -0.3 is 4.98 Å². The van der Waals surface area contributed by atoms with E-state index in [4.69, 9.17) is 0 Å². The van der Waals surface area contributed by atoms with Crippen LogP contribution in [0.4, 0.5) is 0 Å². The number of benzene rings is 2. The van der Waals surface area contributed by atoms with Gasteiger partial charge in [-0.1, -0.05) is 45.0 Å². The number of nitrogens with one attached hydrogen (secondary N) is 1. The van der Waals surface area contributed by atoms with Crippen molar-refractivity contribution in [2.75, 3.05) is 6.54 Å². The van der Waals surface area contributed by atoms with Crippen molar-refractivity contribution in [2.24, 2.45) is 0 Å². The Kier molecular flexibility index (Phi) is 3.97. The maximum absolute atomic E-state index is 13.0. The van der Waals surface area contributed by atoms with Crippen molar-refractivity contribution in [1.29, 1.82) is 0 Å². The van der Waals surface area contributed by atoms with E-state index in [9.17, 15) is 8.42 Å². The SMILES string of the molecule is CC(C)(C)c1ccc2[nH]c3c(c2c1)CN(S(=O)(=O)c1ccccc1)CC3. The molecular weight excluding hydrogens is 344 g/mol. The Bertz CT molecular complexity index is 1060. The Morgan fingerprint density at radius 1 is 1.04 bits per heavy atom. The highest BCUT2D eigenvalue weighted by Crippen LogP contribution is 2.33. The standard InChI is InChI=1S/C21H24N2O2S/c1-21(2,3)15-9-10-19-17(13-15)18-14-23(12-11-20(18)22-19)26(24,25)16-7-5-4-6-8-16/h4-10,13,22H,11-12,14H2,1-3H3. The average molecular weight is 369 g/mol. The van der Waals surface area contributed by atoms with E-state index in [-0.39, 0.29) is 5.41 Å². The van der Waals surface area contributed by atoms with Crippen LogP contribution in [-0.2, 0) is 28.4 Å². The van der Waals surface area contributed by atoms with Gasteiger partial charge in [0.1, 0.15) is 0 Å². The highest BCUT2D eigenvalue weighted by atomic mass is 32.2. The molecule has 136 valence electrons. The van der Waals surface area contributed by atoms with E-state index in [1.165, 1.54) is 5.56 Å². The van der Waals surface area contributed by atoms with E-state index < -0.39 is 10.0 Å². The monoisotopic (exact) mass is 368 g/mol. The minimum absolute atomic E-state index is 0.0583. The normalized spacial score (nSPS) is 16.0.